The van der Waals surface area contributed by atoms with Crippen LogP contribution < -0.4 is 10.6 Å². The molecule has 2 heterocycles. The Labute approximate surface area is 149 Å². The Morgan fingerprint density at radius 2 is 2.21 bits per heavy atom. The van der Waals surface area contributed by atoms with Crippen molar-refractivity contribution in [2.24, 2.45) is 5.92 Å². The quantitative estimate of drug-likeness (QED) is 0.826. The lowest BCUT2D eigenvalue weighted by atomic mass is 10.1. The van der Waals surface area contributed by atoms with Gasteiger partial charge in [-0.3, -0.25) is 9.69 Å². The van der Waals surface area contributed by atoms with E-state index in [0.29, 0.717) is 12.3 Å². The molecule has 1 aliphatic carbocycles. The van der Waals surface area contributed by atoms with Crippen LogP contribution in [0.1, 0.15) is 50.4 Å². The molecule has 0 spiro atoms. The zero-order valence-electron chi connectivity index (χ0n) is 14.5. The van der Waals surface area contributed by atoms with Gasteiger partial charge in [-0.05, 0) is 26.8 Å². The third kappa shape index (κ3) is 4.68. The number of halogens is 1. The second kappa shape index (κ2) is 8.78. The molecule has 2 atom stereocenters. The Morgan fingerprint density at radius 3 is 2.92 bits per heavy atom. The molecule has 136 valence electrons. The van der Waals surface area contributed by atoms with E-state index in [0.717, 1.165) is 38.3 Å². The fourth-order valence-corrected chi connectivity index (χ4v) is 3.44. The second-order valence-corrected chi connectivity index (χ2v) is 6.84. The molecule has 7 nitrogen and oxygen atoms in total. The number of nitrogens with zero attached hydrogens (tertiary/aromatic N) is 3. The molecule has 1 aromatic heterocycles. The molecule has 24 heavy (non-hydrogen) atoms. The summed E-state index contributed by atoms with van der Waals surface area (Å²) in [4.78, 5) is 18.9. The molecule has 1 aliphatic heterocycles. The van der Waals surface area contributed by atoms with Crippen molar-refractivity contribution in [3.05, 3.63) is 11.7 Å². The molecule has 1 amide bonds. The van der Waals surface area contributed by atoms with Crippen molar-refractivity contribution in [2.75, 3.05) is 26.7 Å². The van der Waals surface area contributed by atoms with Gasteiger partial charge in [-0.15, -0.1) is 12.4 Å². The van der Waals surface area contributed by atoms with E-state index in [1.807, 2.05) is 6.92 Å². The first-order valence-electron chi connectivity index (χ1n) is 8.67. The molecule has 3 rings (SSSR count). The molecule has 2 fully saturated rings. The molecule has 0 radical (unpaired) electrons. The molecule has 8 heteroatoms. The summed E-state index contributed by atoms with van der Waals surface area (Å²) < 4.78 is 5.38. The summed E-state index contributed by atoms with van der Waals surface area (Å²) in [5.41, 5.74) is 0. The van der Waals surface area contributed by atoms with E-state index >= 15 is 0 Å². The lowest BCUT2D eigenvalue weighted by Gasteiger charge is -2.30. The summed E-state index contributed by atoms with van der Waals surface area (Å²) in [6, 6.07) is 0.170. The van der Waals surface area contributed by atoms with Crippen LogP contribution in [-0.2, 0) is 11.2 Å². The molecule has 1 saturated carbocycles. The summed E-state index contributed by atoms with van der Waals surface area (Å²) in [5, 5.41) is 10.5. The van der Waals surface area contributed by atoms with E-state index in [1.165, 1.54) is 12.8 Å². The summed E-state index contributed by atoms with van der Waals surface area (Å²) >= 11 is 0. The number of aromatic nitrogens is 2. The predicted molar refractivity (Wildman–Crippen MR) is 93.1 cm³/mol. The summed E-state index contributed by atoms with van der Waals surface area (Å²) in [5.74, 6) is 1.69. The van der Waals surface area contributed by atoms with E-state index in [9.17, 15) is 4.79 Å². The van der Waals surface area contributed by atoms with Gasteiger partial charge in [-0.2, -0.15) is 4.98 Å². The first-order valence-corrected chi connectivity index (χ1v) is 8.67. The molecule has 1 aromatic rings. The molecule has 2 unspecified atom stereocenters. The van der Waals surface area contributed by atoms with Crippen molar-refractivity contribution in [1.82, 2.24) is 25.7 Å². The van der Waals surface area contributed by atoms with Gasteiger partial charge >= 0.3 is 0 Å². The third-order valence-electron chi connectivity index (χ3n) is 4.89. The highest BCUT2D eigenvalue weighted by atomic mass is 35.5. The van der Waals surface area contributed by atoms with Crippen LogP contribution in [0.2, 0.25) is 0 Å². The second-order valence-electron chi connectivity index (χ2n) is 6.84. The smallest absolute Gasteiger partial charge is 0.228 e. The Bertz CT molecular complexity index is 532. The number of rotatable bonds is 5. The number of piperazine rings is 1. The lowest BCUT2D eigenvalue weighted by molar-refractivity contribution is -0.125. The van der Waals surface area contributed by atoms with Gasteiger partial charge in [0.1, 0.15) is 0 Å². The lowest BCUT2D eigenvalue weighted by Crippen LogP contribution is -2.44. The maximum Gasteiger partial charge on any atom is 0.228 e. The summed E-state index contributed by atoms with van der Waals surface area (Å²) in [7, 11) is 2.08. The van der Waals surface area contributed by atoms with Gasteiger partial charge in [-0.25, -0.2) is 0 Å². The number of likely N-dealkylation sites (N-methyl/N-ethyl adjacent to an activating group) is 1. The largest absolute Gasteiger partial charge is 0.353 e. The normalized spacial score (nSPS) is 23.7. The van der Waals surface area contributed by atoms with E-state index in [1.54, 1.807) is 0 Å². The topological polar surface area (TPSA) is 83.3 Å². The minimum atomic E-state index is 0. The Morgan fingerprint density at radius 1 is 1.46 bits per heavy atom. The van der Waals surface area contributed by atoms with E-state index in [2.05, 4.69) is 32.7 Å². The van der Waals surface area contributed by atoms with Crippen molar-refractivity contribution in [3.8, 4) is 0 Å². The highest BCUT2D eigenvalue weighted by Crippen LogP contribution is 2.25. The maximum atomic E-state index is 12.1. The monoisotopic (exact) mass is 357 g/mol. The van der Waals surface area contributed by atoms with E-state index in [4.69, 9.17) is 4.52 Å². The predicted octanol–water partition coefficient (Wildman–Crippen LogP) is 1.30. The van der Waals surface area contributed by atoms with Gasteiger partial charge < -0.3 is 15.2 Å². The summed E-state index contributed by atoms with van der Waals surface area (Å²) in [6.07, 6.45) is 4.95. The molecule has 0 aromatic carbocycles. The van der Waals surface area contributed by atoms with Crippen molar-refractivity contribution in [3.63, 3.8) is 0 Å². The number of hydrogen-bond acceptors (Lipinski definition) is 6. The van der Waals surface area contributed by atoms with Gasteiger partial charge in [0.05, 0.1) is 6.04 Å². The van der Waals surface area contributed by atoms with Crippen LogP contribution in [0.4, 0.5) is 0 Å². The molecule has 2 N–H and O–H groups in total. The van der Waals surface area contributed by atoms with E-state index in [-0.39, 0.29) is 36.3 Å². The average molecular weight is 358 g/mol. The van der Waals surface area contributed by atoms with Gasteiger partial charge in [0.15, 0.2) is 5.82 Å². The maximum absolute atomic E-state index is 12.1. The number of nitrogens with one attached hydrogen (secondary N) is 2. The van der Waals surface area contributed by atoms with E-state index < -0.39 is 0 Å². The minimum absolute atomic E-state index is 0. The highest BCUT2D eigenvalue weighted by Gasteiger charge is 2.27. The van der Waals surface area contributed by atoms with Crippen molar-refractivity contribution >= 4 is 18.3 Å². The van der Waals surface area contributed by atoms with Gasteiger partial charge in [0.25, 0.3) is 0 Å². The number of hydrogen-bond donors (Lipinski definition) is 2. The zero-order valence-corrected chi connectivity index (χ0v) is 15.3. The minimum Gasteiger partial charge on any atom is -0.353 e. The fraction of sp³-hybridized carbons (Fsp3) is 0.812. The van der Waals surface area contributed by atoms with Crippen LogP contribution in [0.3, 0.4) is 0 Å². The zero-order chi connectivity index (χ0) is 16.2. The average Bonchev–Trinajstić information content (AvgIpc) is 3.19. The Hall–Kier alpha value is -1.18. The Balaban J connectivity index is 0.00000208. The molecule has 0 bridgehead atoms. The fourth-order valence-electron chi connectivity index (χ4n) is 3.44. The van der Waals surface area contributed by atoms with Crippen LogP contribution in [0.5, 0.6) is 0 Å². The molecule has 2 aliphatic rings. The number of amides is 1. The van der Waals surface area contributed by atoms with Gasteiger partial charge in [0.2, 0.25) is 11.8 Å². The summed E-state index contributed by atoms with van der Waals surface area (Å²) in [6.45, 7) is 4.79. The van der Waals surface area contributed by atoms with Crippen LogP contribution in [0.15, 0.2) is 4.52 Å². The number of carbonyl (C=O) groups excluding carboxylic acids is 1. The van der Waals surface area contributed by atoms with Crippen LogP contribution in [0, 0.1) is 5.92 Å². The third-order valence-corrected chi connectivity index (χ3v) is 4.89. The molecule has 1 saturated heterocycles. The SMILES string of the molecule is CC(Cc1nc(C2CNCCN2C)no1)NC(=O)C1CCCC1.Cl. The standard InChI is InChI=1S/C16H27N5O2.ClH/c1-11(18-16(22)12-5-3-4-6-12)9-14-19-15(20-23-14)13-10-17-7-8-21(13)2;/h11-13,17H,3-10H2,1-2H3,(H,18,22);1H. The van der Waals surface area contributed by atoms with Crippen molar-refractivity contribution in [1.29, 1.82) is 0 Å². The number of carbonyl (C=O) groups is 1. The first-order chi connectivity index (χ1) is 11.1. The molecular formula is C16H28ClN5O2. The van der Waals surface area contributed by atoms with Crippen molar-refractivity contribution < 1.29 is 9.32 Å². The first kappa shape index (κ1) is 19.1. The molecular weight excluding hydrogens is 330 g/mol. The highest BCUT2D eigenvalue weighted by molar-refractivity contribution is 5.85. The van der Waals surface area contributed by atoms with Gasteiger partial charge in [0, 0.05) is 38.0 Å². The Kier molecular flexibility index (Phi) is 7.01. The van der Waals surface area contributed by atoms with Crippen molar-refractivity contribution in [2.45, 2.75) is 51.1 Å². The van der Waals surface area contributed by atoms with Crippen LogP contribution in [-0.4, -0.2) is 53.7 Å². The van der Waals surface area contributed by atoms with Gasteiger partial charge in [-0.1, -0.05) is 18.0 Å². The van der Waals surface area contributed by atoms with Crippen LogP contribution >= 0.6 is 12.4 Å². The van der Waals surface area contributed by atoms with Crippen LogP contribution in [0.25, 0.3) is 0 Å².